The summed E-state index contributed by atoms with van der Waals surface area (Å²) in [5.74, 6) is -0.337. The van der Waals surface area contributed by atoms with Crippen LogP contribution in [0, 0.1) is 0 Å². The quantitative estimate of drug-likeness (QED) is 0.567. The molecule has 1 aromatic heterocycles. The molecule has 98 valence electrons. The van der Waals surface area contributed by atoms with Crippen molar-refractivity contribution in [3.05, 3.63) is 28.0 Å². The first-order valence-corrected chi connectivity index (χ1v) is 6.98. The summed E-state index contributed by atoms with van der Waals surface area (Å²) in [7, 11) is 0. The highest BCUT2D eigenvalue weighted by molar-refractivity contribution is 9.09. The third-order valence-electron chi connectivity index (χ3n) is 2.53. The predicted molar refractivity (Wildman–Crippen MR) is 74.2 cm³/mol. The lowest BCUT2D eigenvalue weighted by Gasteiger charge is -2.14. The Morgan fingerprint density at radius 1 is 1.56 bits per heavy atom. The summed E-state index contributed by atoms with van der Waals surface area (Å²) in [5.41, 5.74) is 6.18. The zero-order valence-electron chi connectivity index (χ0n) is 9.21. The van der Waals surface area contributed by atoms with Crippen molar-refractivity contribution in [3.8, 4) is 0 Å². The maximum atomic E-state index is 11.9. The second-order valence-corrected chi connectivity index (χ2v) is 5.79. The van der Waals surface area contributed by atoms with Crippen molar-refractivity contribution in [2.45, 2.75) is 10.9 Å². The number of pyridine rings is 1. The largest absolute Gasteiger partial charge is 0.349 e. The number of rotatable bonds is 3. The number of carbonyl (C=O) groups excluding carboxylic acids is 1. The van der Waals surface area contributed by atoms with Gasteiger partial charge in [0.1, 0.15) is 10.8 Å². The van der Waals surface area contributed by atoms with Crippen molar-refractivity contribution in [1.82, 2.24) is 21.2 Å². The minimum Gasteiger partial charge on any atom is -0.349 e. The Labute approximate surface area is 123 Å². The smallest absolute Gasteiger partial charge is 0.271 e. The molecule has 2 atom stereocenters. The Hall–Kier alpha value is -0.400. The lowest BCUT2D eigenvalue weighted by atomic mass is 10.2. The first-order valence-electron chi connectivity index (χ1n) is 5.30. The minimum atomic E-state index is -0.337. The Kier molecular flexibility index (Phi) is 4.80. The van der Waals surface area contributed by atoms with Crippen molar-refractivity contribution in [2.75, 3.05) is 13.1 Å². The molecule has 0 spiro atoms. The number of halogens is 3. The lowest BCUT2D eigenvalue weighted by molar-refractivity contribution is 0.0945. The van der Waals surface area contributed by atoms with Crippen molar-refractivity contribution < 1.29 is 4.79 Å². The maximum Gasteiger partial charge on any atom is 0.271 e. The molecule has 1 aliphatic rings. The third-order valence-corrected chi connectivity index (χ3v) is 4.01. The number of amides is 1. The van der Waals surface area contributed by atoms with Crippen LogP contribution in [0.2, 0.25) is 10.2 Å². The first kappa shape index (κ1) is 14.0. The molecule has 2 heterocycles. The fourth-order valence-electron chi connectivity index (χ4n) is 1.56. The van der Waals surface area contributed by atoms with Crippen LogP contribution in [0.25, 0.3) is 0 Å². The summed E-state index contributed by atoms with van der Waals surface area (Å²) in [6.07, 6.45) is 0. The summed E-state index contributed by atoms with van der Waals surface area (Å²) in [6.45, 7) is 1.27. The van der Waals surface area contributed by atoms with E-state index in [9.17, 15) is 4.79 Å². The van der Waals surface area contributed by atoms with Crippen LogP contribution in [0.1, 0.15) is 10.5 Å². The van der Waals surface area contributed by atoms with Crippen molar-refractivity contribution in [1.29, 1.82) is 0 Å². The predicted octanol–water partition coefficient (Wildman–Crippen LogP) is 1.36. The molecule has 2 unspecified atom stereocenters. The molecule has 18 heavy (non-hydrogen) atoms. The van der Waals surface area contributed by atoms with Gasteiger partial charge in [0.25, 0.3) is 5.91 Å². The molecule has 1 aliphatic heterocycles. The van der Waals surface area contributed by atoms with Crippen LogP contribution >= 0.6 is 39.1 Å². The van der Waals surface area contributed by atoms with E-state index < -0.39 is 0 Å². The van der Waals surface area contributed by atoms with Gasteiger partial charge in [-0.2, -0.15) is 0 Å². The molecule has 1 amide bonds. The first-order chi connectivity index (χ1) is 8.58. The van der Waals surface area contributed by atoms with Gasteiger partial charge in [-0.15, -0.1) is 0 Å². The highest BCUT2D eigenvalue weighted by Gasteiger charge is 2.25. The van der Waals surface area contributed by atoms with Gasteiger partial charge < -0.3 is 5.32 Å². The molecule has 5 nitrogen and oxygen atoms in total. The van der Waals surface area contributed by atoms with Crippen molar-refractivity contribution in [3.63, 3.8) is 0 Å². The molecule has 8 heteroatoms. The number of hydrogen-bond acceptors (Lipinski definition) is 4. The second kappa shape index (κ2) is 6.16. The molecule has 0 radical (unpaired) electrons. The number of carbonyl (C=O) groups is 1. The Morgan fingerprint density at radius 3 is 3.00 bits per heavy atom. The molecule has 0 aromatic carbocycles. The Balaban J connectivity index is 1.97. The summed E-state index contributed by atoms with van der Waals surface area (Å²) < 4.78 is 0. The van der Waals surface area contributed by atoms with Gasteiger partial charge in [0.15, 0.2) is 0 Å². The van der Waals surface area contributed by atoms with E-state index in [4.69, 9.17) is 23.2 Å². The molecule has 2 rings (SSSR count). The second-order valence-electron chi connectivity index (χ2n) is 3.82. The van der Waals surface area contributed by atoms with Gasteiger partial charge >= 0.3 is 0 Å². The summed E-state index contributed by atoms with van der Waals surface area (Å²) in [5, 5.41) is 3.28. The van der Waals surface area contributed by atoms with Gasteiger partial charge in [-0.3, -0.25) is 15.6 Å². The van der Waals surface area contributed by atoms with Crippen molar-refractivity contribution >= 4 is 45.0 Å². The fourth-order valence-corrected chi connectivity index (χ4v) is 2.38. The van der Waals surface area contributed by atoms with Gasteiger partial charge in [0.2, 0.25) is 0 Å². The monoisotopic (exact) mass is 352 g/mol. The van der Waals surface area contributed by atoms with E-state index in [1.54, 1.807) is 6.07 Å². The molecular formula is C10H11BrCl2N4O. The minimum absolute atomic E-state index is 0.118. The molecule has 1 saturated heterocycles. The fraction of sp³-hybridized carbons (Fsp3) is 0.400. The van der Waals surface area contributed by atoms with E-state index in [1.807, 2.05) is 0 Å². The number of hydrazine groups is 1. The summed E-state index contributed by atoms with van der Waals surface area (Å²) in [4.78, 5) is 16.1. The van der Waals surface area contributed by atoms with Gasteiger partial charge in [0, 0.05) is 17.9 Å². The van der Waals surface area contributed by atoms with Gasteiger partial charge in [-0.25, -0.2) is 4.98 Å². The molecular weight excluding hydrogens is 343 g/mol. The van der Waals surface area contributed by atoms with Crippen LogP contribution in [-0.2, 0) is 0 Å². The number of hydrogen-bond donors (Lipinski definition) is 3. The third kappa shape index (κ3) is 3.33. The van der Waals surface area contributed by atoms with E-state index in [0.717, 1.165) is 6.54 Å². The SMILES string of the molecule is O=C(NCC1NNCC1Br)c1nc(Cl)ccc1Cl. The lowest BCUT2D eigenvalue weighted by Crippen LogP contribution is -2.42. The zero-order chi connectivity index (χ0) is 13.1. The van der Waals surface area contributed by atoms with Crippen LogP contribution in [0.5, 0.6) is 0 Å². The van der Waals surface area contributed by atoms with Crippen LogP contribution in [-0.4, -0.2) is 34.8 Å². The average molecular weight is 354 g/mol. The average Bonchev–Trinajstić information content (AvgIpc) is 2.75. The molecule has 1 fully saturated rings. The Morgan fingerprint density at radius 2 is 2.33 bits per heavy atom. The van der Waals surface area contributed by atoms with Crippen LogP contribution in [0.4, 0.5) is 0 Å². The summed E-state index contributed by atoms with van der Waals surface area (Å²) >= 11 is 15.1. The standard InChI is InChI=1S/C10H11BrCl2N4O/c11-5-3-15-17-7(5)4-14-10(18)9-6(12)1-2-8(13)16-9/h1-2,5,7,15,17H,3-4H2,(H,14,18). The topological polar surface area (TPSA) is 66.1 Å². The molecule has 0 bridgehead atoms. The maximum absolute atomic E-state index is 11.9. The Bertz CT molecular complexity index is 460. The highest BCUT2D eigenvalue weighted by Crippen LogP contribution is 2.16. The number of nitrogens with zero attached hydrogens (tertiary/aromatic N) is 1. The molecule has 0 aliphatic carbocycles. The van der Waals surface area contributed by atoms with E-state index in [-0.39, 0.29) is 32.6 Å². The van der Waals surface area contributed by atoms with E-state index in [2.05, 4.69) is 37.1 Å². The van der Waals surface area contributed by atoms with Gasteiger partial charge in [-0.05, 0) is 12.1 Å². The summed E-state index contributed by atoms with van der Waals surface area (Å²) in [6, 6.07) is 3.21. The van der Waals surface area contributed by atoms with Crippen molar-refractivity contribution in [2.24, 2.45) is 0 Å². The van der Waals surface area contributed by atoms with Gasteiger partial charge in [0.05, 0.1) is 11.1 Å². The van der Waals surface area contributed by atoms with E-state index in [0.29, 0.717) is 6.54 Å². The van der Waals surface area contributed by atoms with Crippen LogP contribution in [0.15, 0.2) is 12.1 Å². The molecule has 1 aromatic rings. The van der Waals surface area contributed by atoms with Crippen LogP contribution in [0.3, 0.4) is 0 Å². The van der Waals surface area contributed by atoms with E-state index >= 15 is 0 Å². The normalized spacial score (nSPS) is 23.1. The zero-order valence-corrected chi connectivity index (χ0v) is 12.3. The molecule has 0 saturated carbocycles. The highest BCUT2D eigenvalue weighted by atomic mass is 79.9. The molecule has 3 N–H and O–H groups in total. The van der Waals surface area contributed by atoms with Crippen LogP contribution < -0.4 is 16.2 Å². The number of aromatic nitrogens is 1. The number of nitrogens with one attached hydrogen (secondary N) is 3. The van der Waals surface area contributed by atoms with Gasteiger partial charge in [-0.1, -0.05) is 39.1 Å². The van der Waals surface area contributed by atoms with E-state index in [1.165, 1.54) is 6.07 Å². The number of alkyl halides is 1.